The normalized spacial score (nSPS) is 14.8. The van der Waals surface area contributed by atoms with E-state index in [1.807, 2.05) is 24.4 Å². The molecule has 27 heavy (non-hydrogen) atoms. The van der Waals surface area contributed by atoms with E-state index in [4.69, 9.17) is 0 Å². The lowest BCUT2D eigenvalue weighted by atomic mass is 9.98. The number of aromatic nitrogens is 2. The average molecular weight is 403 g/mol. The van der Waals surface area contributed by atoms with Crippen LogP contribution in [0.25, 0.3) is 0 Å². The summed E-state index contributed by atoms with van der Waals surface area (Å²) in [5.41, 5.74) is -3.05. The first kappa shape index (κ1) is 21.2. The van der Waals surface area contributed by atoms with Gasteiger partial charge in [-0.3, -0.25) is 4.99 Å². The smallest absolute Gasteiger partial charge is 0.374 e. The Morgan fingerprint density at radius 3 is 2.70 bits per heavy atom. The van der Waals surface area contributed by atoms with Crippen LogP contribution in [0, 0.1) is 0 Å². The number of halogens is 3. The van der Waals surface area contributed by atoms with Crippen molar-refractivity contribution >= 4 is 17.3 Å². The van der Waals surface area contributed by atoms with Gasteiger partial charge in [-0.15, -0.1) is 11.3 Å². The average Bonchev–Trinajstić information content (AvgIpc) is 3.25. The van der Waals surface area contributed by atoms with Crippen LogP contribution in [0.15, 0.2) is 34.9 Å². The second-order valence-corrected chi connectivity index (χ2v) is 7.02. The summed E-state index contributed by atoms with van der Waals surface area (Å²) in [5.74, 6) is -0.0284. The van der Waals surface area contributed by atoms with E-state index in [0.29, 0.717) is 19.0 Å². The van der Waals surface area contributed by atoms with E-state index in [-0.39, 0.29) is 6.54 Å². The number of guanidine groups is 1. The van der Waals surface area contributed by atoms with Crippen LogP contribution in [-0.2, 0) is 19.1 Å². The largest absolute Gasteiger partial charge is 0.424 e. The maximum Gasteiger partial charge on any atom is 0.424 e. The predicted octanol–water partition coefficient (Wildman–Crippen LogP) is 2.42. The molecule has 6 nitrogen and oxygen atoms in total. The topological polar surface area (TPSA) is 74.5 Å². The van der Waals surface area contributed by atoms with E-state index in [9.17, 15) is 18.3 Å². The van der Waals surface area contributed by atoms with Gasteiger partial charge in [-0.1, -0.05) is 6.07 Å². The highest BCUT2D eigenvalue weighted by molar-refractivity contribution is 7.09. The summed E-state index contributed by atoms with van der Waals surface area (Å²) >= 11 is 1.64. The number of nitrogens with one attached hydrogen (secondary N) is 2. The molecule has 0 amide bonds. The van der Waals surface area contributed by atoms with Gasteiger partial charge in [-0.05, 0) is 24.8 Å². The van der Waals surface area contributed by atoms with Crippen molar-refractivity contribution < 1.29 is 18.3 Å². The highest BCUT2D eigenvalue weighted by Gasteiger charge is 2.57. The monoisotopic (exact) mass is 403 g/mol. The number of thiophene rings is 1. The Balaban J connectivity index is 2.01. The molecule has 0 radical (unpaired) electrons. The molecule has 0 aliphatic heterocycles. The van der Waals surface area contributed by atoms with Crippen LogP contribution in [0.3, 0.4) is 0 Å². The van der Waals surface area contributed by atoms with Gasteiger partial charge in [0.05, 0.1) is 0 Å². The van der Waals surface area contributed by atoms with Gasteiger partial charge in [0.2, 0.25) is 5.60 Å². The molecule has 1 unspecified atom stereocenters. The molecule has 150 valence electrons. The van der Waals surface area contributed by atoms with Gasteiger partial charge < -0.3 is 20.3 Å². The van der Waals surface area contributed by atoms with Gasteiger partial charge in [0.15, 0.2) is 5.96 Å². The lowest BCUT2D eigenvalue weighted by molar-refractivity contribution is -0.272. The van der Waals surface area contributed by atoms with Crippen molar-refractivity contribution in [2.24, 2.45) is 12.0 Å². The fraction of sp³-hybridized carbons (Fsp3) is 0.529. The first-order valence-corrected chi connectivity index (χ1v) is 9.47. The van der Waals surface area contributed by atoms with E-state index >= 15 is 0 Å². The molecular formula is C17H24F3N5OS. The van der Waals surface area contributed by atoms with Crippen molar-refractivity contribution in [3.63, 3.8) is 0 Å². The fourth-order valence-corrected chi connectivity index (χ4v) is 3.28. The zero-order valence-corrected chi connectivity index (χ0v) is 16.1. The van der Waals surface area contributed by atoms with Crippen LogP contribution in [-0.4, -0.2) is 46.4 Å². The van der Waals surface area contributed by atoms with Crippen LogP contribution in [0.5, 0.6) is 0 Å². The maximum atomic E-state index is 13.5. The highest BCUT2D eigenvalue weighted by Crippen LogP contribution is 2.40. The van der Waals surface area contributed by atoms with E-state index in [1.165, 1.54) is 28.9 Å². The number of imidazole rings is 1. The molecule has 0 aromatic carbocycles. The summed E-state index contributed by atoms with van der Waals surface area (Å²) in [4.78, 5) is 9.06. The minimum absolute atomic E-state index is 0.211. The van der Waals surface area contributed by atoms with Crippen LogP contribution in [0.2, 0.25) is 0 Å². The zero-order chi connectivity index (χ0) is 19.9. The van der Waals surface area contributed by atoms with Gasteiger partial charge in [-0.25, -0.2) is 4.98 Å². The van der Waals surface area contributed by atoms with Gasteiger partial charge >= 0.3 is 6.18 Å². The second kappa shape index (κ2) is 9.23. The Morgan fingerprint density at radius 1 is 1.37 bits per heavy atom. The third-order valence-electron chi connectivity index (χ3n) is 3.99. The lowest BCUT2D eigenvalue weighted by Crippen LogP contribution is -2.45. The molecule has 0 bridgehead atoms. The second-order valence-electron chi connectivity index (χ2n) is 5.99. The van der Waals surface area contributed by atoms with Gasteiger partial charge in [-0.2, -0.15) is 13.2 Å². The van der Waals surface area contributed by atoms with Gasteiger partial charge in [0, 0.05) is 50.4 Å². The molecule has 0 fully saturated rings. The summed E-state index contributed by atoms with van der Waals surface area (Å²) < 4.78 is 41.7. The summed E-state index contributed by atoms with van der Waals surface area (Å²) in [6.07, 6.45) is -2.09. The SMILES string of the molecule is CCNC(=NCCC(O)(c1nccn1C)C(F)(F)F)NCCc1cccs1. The number of aliphatic imine (C=N–C) groups is 1. The molecule has 3 N–H and O–H groups in total. The number of alkyl halides is 3. The summed E-state index contributed by atoms with van der Waals surface area (Å²) in [5, 5.41) is 18.4. The molecule has 0 saturated carbocycles. The summed E-state index contributed by atoms with van der Waals surface area (Å²) in [6.45, 7) is 2.84. The van der Waals surface area contributed by atoms with E-state index in [0.717, 1.165) is 6.42 Å². The van der Waals surface area contributed by atoms with Crippen molar-refractivity contribution in [1.82, 2.24) is 20.2 Å². The van der Waals surface area contributed by atoms with E-state index < -0.39 is 24.0 Å². The molecule has 1 atom stereocenters. The van der Waals surface area contributed by atoms with Gasteiger partial charge in [0.25, 0.3) is 0 Å². The van der Waals surface area contributed by atoms with Crippen molar-refractivity contribution in [3.05, 3.63) is 40.6 Å². The molecule has 0 spiro atoms. The molecule has 0 aliphatic carbocycles. The predicted molar refractivity (Wildman–Crippen MR) is 99.8 cm³/mol. The van der Waals surface area contributed by atoms with Crippen molar-refractivity contribution in [1.29, 1.82) is 0 Å². The molecule has 0 aliphatic rings. The van der Waals surface area contributed by atoms with Crippen molar-refractivity contribution in [3.8, 4) is 0 Å². The number of hydrogen-bond acceptors (Lipinski definition) is 4. The third-order valence-corrected chi connectivity index (χ3v) is 4.93. The minimum Gasteiger partial charge on any atom is -0.374 e. The molecule has 2 rings (SSSR count). The van der Waals surface area contributed by atoms with Crippen LogP contribution >= 0.6 is 11.3 Å². The van der Waals surface area contributed by atoms with Crippen LogP contribution in [0.1, 0.15) is 24.0 Å². The number of nitrogens with zero attached hydrogens (tertiary/aromatic N) is 3. The number of aryl methyl sites for hydroxylation is 1. The molecule has 10 heteroatoms. The standard InChI is InChI=1S/C17H24F3N5OS/c1-3-21-15(23-8-6-13-5-4-12-27-13)24-9-7-16(26,17(18,19)20)14-22-10-11-25(14)2/h4-5,10-12,26H,3,6-9H2,1-2H3,(H2,21,23,24). The molecule has 2 heterocycles. The van der Waals surface area contributed by atoms with Crippen LogP contribution in [0.4, 0.5) is 13.2 Å². The lowest BCUT2D eigenvalue weighted by Gasteiger charge is -2.29. The zero-order valence-electron chi connectivity index (χ0n) is 15.3. The molecule has 2 aromatic rings. The minimum atomic E-state index is -4.85. The Kier molecular flexibility index (Phi) is 7.25. The van der Waals surface area contributed by atoms with Gasteiger partial charge in [0.1, 0.15) is 5.82 Å². The van der Waals surface area contributed by atoms with Crippen molar-refractivity contribution in [2.75, 3.05) is 19.6 Å². The Labute approximate surface area is 160 Å². The van der Waals surface area contributed by atoms with Crippen LogP contribution < -0.4 is 10.6 Å². The summed E-state index contributed by atoms with van der Waals surface area (Å²) in [6, 6.07) is 3.99. The Hall–Kier alpha value is -2.07. The fourth-order valence-electron chi connectivity index (χ4n) is 2.57. The number of hydrogen-bond donors (Lipinski definition) is 3. The highest BCUT2D eigenvalue weighted by atomic mass is 32.1. The maximum absolute atomic E-state index is 13.5. The first-order valence-electron chi connectivity index (χ1n) is 8.59. The molecule has 2 aromatic heterocycles. The van der Waals surface area contributed by atoms with Crippen molar-refractivity contribution in [2.45, 2.75) is 31.5 Å². The quantitative estimate of drug-likeness (QED) is 0.468. The summed E-state index contributed by atoms with van der Waals surface area (Å²) in [7, 11) is 1.42. The third kappa shape index (κ3) is 5.46. The number of rotatable bonds is 8. The Bertz CT molecular complexity index is 729. The molecular weight excluding hydrogens is 379 g/mol. The first-order chi connectivity index (χ1) is 12.8. The van der Waals surface area contributed by atoms with E-state index in [1.54, 1.807) is 11.3 Å². The Morgan fingerprint density at radius 2 is 2.15 bits per heavy atom. The van der Waals surface area contributed by atoms with E-state index in [2.05, 4.69) is 20.6 Å². The molecule has 0 saturated heterocycles. The number of aliphatic hydroxyl groups is 1.